The number of anilines is 1. The van der Waals surface area contributed by atoms with Gasteiger partial charge in [0.25, 0.3) is 0 Å². The van der Waals surface area contributed by atoms with Gasteiger partial charge in [-0.05, 0) is 50.6 Å². The Morgan fingerprint density at radius 1 is 1.15 bits per heavy atom. The molecule has 9 nitrogen and oxygen atoms in total. The lowest BCUT2D eigenvalue weighted by Gasteiger charge is -2.22. The summed E-state index contributed by atoms with van der Waals surface area (Å²) in [5.41, 5.74) is 3.74. The van der Waals surface area contributed by atoms with Crippen molar-refractivity contribution >= 4 is 23.3 Å². The molecule has 1 atom stereocenters. The van der Waals surface area contributed by atoms with Gasteiger partial charge in [0, 0.05) is 24.9 Å². The largest absolute Gasteiger partial charge is 0.461 e. The molecule has 1 unspecified atom stereocenters. The van der Waals surface area contributed by atoms with Crippen molar-refractivity contribution in [1.29, 1.82) is 0 Å². The molecule has 33 heavy (non-hydrogen) atoms. The van der Waals surface area contributed by atoms with Crippen LogP contribution in [0, 0.1) is 13.8 Å². The first-order chi connectivity index (χ1) is 16.0. The number of esters is 1. The summed E-state index contributed by atoms with van der Waals surface area (Å²) < 4.78 is 6.86. The van der Waals surface area contributed by atoms with Crippen molar-refractivity contribution < 1.29 is 14.3 Å². The van der Waals surface area contributed by atoms with Gasteiger partial charge in [0.2, 0.25) is 5.91 Å². The highest BCUT2D eigenvalue weighted by Crippen LogP contribution is 2.25. The third kappa shape index (κ3) is 4.92. The number of hydrogen-bond donors (Lipinski definition) is 1. The highest BCUT2D eigenvalue weighted by Gasteiger charge is 2.36. The number of pyridine rings is 1. The van der Waals surface area contributed by atoms with E-state index in [0.29, 0.717) is 12.4 Å². The molecular formula is C24H26N6O3. The molecule has 9 heteroatoms. The van der Waals surface area contributed by atoms with Crippen LogP contribution in [0.25, 0.3) is 5.82 Å². The minimum Gasteiger partial charge on any atom is -0.461 e. The van der Waals surface area contributed by atoms with Gasteiger partial charge in [-0.25, -0.2) is 14.5 Å². The molecule has 0 saturated heterocycles. The monoisotopic (exact) mass is 446 g/mol. The maximum Gasteiger partial charge on any atom is 0.354 e. The van der Waals surface area contributed by atoms with E-state index < -0.39 is 12.0 Å². The van der Waals surface area contributed by atoms with Crippen molar-refractivity contribution in [3.05, 3.63) is 71.7 Å². The lowest BCUT2D eigenvalue weighted by atomic mass is 10.1. The number of aromatic nitrogens is 3. The standard InChI is InChI=1S/C24H26N6O3/c1-4-33-24(32)20-13-21(30(28-20)19-8-6-5-7-9-19)23(31)26-15-18-10-11-22(25-14-18)29-17(3)12-16(2)27-29/h5-12,14,21H,4,13,15H2,1-3H3,(H,26,31). The van der Waals surface area contributed by atoms with Crippen LogP contribution in [0.3, 0.4) is 0 Å². The molecule has 0 radical (unpaired) electrons. The van der Waals surface area contributed by atoms with Gasteiger partial charge in [0.15, 0.2) is 5.82 Å². The van der Waals surface area contributed by atoms with Gasteiger partial charge in [-0.15, -0.1) is 0 Å². The molecule has 0 fully saturated rings. The van der Waals surface area contributed by atoms with Crippen molar-refractivity contribution in [3.63, 3.8) is 0 Å². The predicted octanol–water partition coefficient (Wildman–Crippen LogP) is 2.70. The molecule has 1 aliphatic rings. The molecule has 170 valence electrons. The average molecular weight is 447 g/mol. The zero-order valence-corrected chi connectivity index (χ0v) is 18.9. The number of nitrogens with one attached hydrogen (secondary N) is 1. The summed E-state index contributed by atoms with van der Waals surface area (Å²) in [4.78, 5) is 29.7. The molecule has 0 bridgehead atoms. The normalized spacial score (nSPS) is 15.3. The van der Waals surface area contributed by atoms with Crippen LogP contribution >= 0.6 is 0 Å². The van der Waals surface area contributed by atoms with Gasteiger partial charge in [-0.1, -0.05) is 24.3 Å². The molecule has 2 aromatic heterocycles. The molecule has 1 amide bonds. The van der Waals surface area contributed by atoms with Crippen molar-refractivity contribution in [2.24, 2.45) is 5.10 Å². The van der Waals surface area contributed by atoms with Crippen molar-refractivity contribution in [3.8, 4) is 5.82 Å². The summed E-state index contributed by atoms with van der Waals surface area (Å²) >= 11 is 0. The van der Waals surface area contributed by atoms with E-state index in [1.807, 2.05) is 62.4 Å². The van der Waals surface area contributed by atoms with E-state index in [4.69, 9.17) is 4.74 Å². The van der Waals surface area contributed by atoms with E-state index in [2.05, 4.69) is 20.5 Å². The summed E-state index contributed by atoms with van der Waals surface area (Å²) in [5, 5.41) is 13.3. The van der Waals surface area contributed by atoms with E-state index in [0.717, 1.165) is 22.6 Å². The summed E-state index contributed by atoms with van der Waals surface area (Å²) in [7, 11) is 0. The van der Waals surface area contributed by atoms with Crippen LogP contribution in [-0.2, 0) is 20.9 Å². The van der Waals surface area contributed by atoms with Crippen LogP contribution in [0.2, 0.25) is 0 Å². The third-order valence-corrected chi connectivity index (χ3v) is 5.25. The summed E-state index contributed by atoms with van der Waals surface area (Å²) in [5.74, 6) is -0.0172. The van der Waals surface area contributed by atoms with E-state index in [1.165, 1.54) is 0 Å². The average Bonchev–Trinajstić information content (AvgIpc) is 3.42. The smallest absolute Gasteiger partial charge is 0.354 e. The second-order valence-electron chi connectivity index (χ2n) is 7.75. The molecule has 1 aromatic carbocycles. The molecule has 3 heterocycles. The van der Waals surface area contributed by atoms with Crippen LogP contribution < -0.4 is 10.3 Å². The van der Waals surface area contributed by atoms with Crippen LogP contribution in [-0.4, -0.2) is 45.0 Å². The highest BCUT2D eigenvalue weighted by atomic mass is 16.5. The fourth-order valence-corrected chi connectivity index (χ4v) is 3.69. The van der Waals surface area contributed by atoms with Gasteiger partial charge in [0.05, 0.1) is 18.0 Å². The second-order valence-corrected chi connectivity index (χ2v) is 7.75. The van der Waals surface area contributed by atoms with Crippen LogP contribution in [0.1, 0.15) is 30.3 Å². The van der Waals surface area contributed by atoms with Gasteiger partial charge < -0.3 is 10.1 Å². The van der Waals surface area contributed by atoms with Crippen LogP contribution in [0.15, 0.2) is 59.8 Å². The molecular weight excluding hydrogens is 420 g/mol. The third-order valence-electron chi connectivity index (χ3n) is 5.25. The number of rotatable bonds is 7. The molecule has 4 rings (SSSR count). The SMILES string of the molecule is CCOC(=O)C1=NN(c2ccccc2)C(C(=O)NCc2ccc(-n3nc(C)cc3C)nc2)C1. The van der Waals surface area contributed by atoms with E-state index in [-0.39, 0.29) is 24.6 Å². The Labute approximate surface area is 192 Å². The number of para-hydroxylation sites is 1. The fraction of sp³-hybridized carbons (Fsp3) is 0.292. The Morgan fingerprint density at radius 2 is 1.94 bits per heavy atom. The van der Waals surface area contributed by atoms with Crippen molar-refractivity contribution in [2.45, 2.75) is 39.8 Å². The number of nitrogens with zero attached hydrogens (tertiary/aromatic N) is 5. The zero-order chi connectivity index (χ0) is 23.4. The molecule has 0 saturated carbocycles. The molecule has 0 spiro atoms. The number of hydrazone groups is 1. The van der Waals surface area contributed by atoms with Crippen molar-refractivity contribution in [2.75, 3.05) is 11.6 Å². The summed E-state index contributed by atoms with van der Waals surface area (Å²) in [6.45, 7) is 6.20. The topological polar surface area (TPSA) is 102 Å². The number of hydrogen-bond acceptors (Lipinski definition) is 7. The molecule has 1 N–H and O–H groups in total. The van der Waals surface area contributed by atoms with E-state index >= 15 is 0 Å². The Kier molecular flexibility index (Phi) is 6.48. The minimum atomic E-state index is -0.645. The Hall–Kier alpha value is -4.01. The number of carbonyl (C=O) groups is 2. The van der Waals surface area contributed by atoms with E-state index in [1.54, 1.807) is 22.8 Å². The quantitative estimate of drug-likeness (QED) is 0.560. The zero-order valence-electron chi connectivity index (χ0n) is 18.9. The van der Waals surface area contributed by atoms with Crippen molar-refractivity contribution in [1.82, 2.24) is 20.1 Å². The second kappa shape index (κ2) is 9.64. The number of carbonyl (C=O) groups excluding carboxylic acids is 2. The summed E-state index contributed by atoms with van der Waals surface area (Å²) in [6, 6.07) is 14.4. The number of amides is 1. The number of benzene rings is 1. The first-order valence-electron chi connectivity index (χ1n) is 10.8. The Balaban J connectivity index is 1.44. The molecule has 1 aliphatic heterocycles. The lowest BCUT2D eigenvalue weighted by molar-refractivity contribution is -0.135. The Morgan fingerprint density at radius 3 is 2.58 bits per heavy atom. The van der Waals surface area contributed by atoms with Gasteiger partial charge in [-0.3, -0.25) is 9.80 Å². The molecule has 0 aliphatic carbocycles. The van der Waals surface area contributed by atoms with Crippen LogP contribution in [0.5, 0.6) is 0 Å². The fourth-order valence-electron chi connectivity index (χ4n) is 3.69. The first-order valence-corrected chi connectivity index (χ1v) is 10.8. The lowest BCUT2D eigenvalue weighted by Crippen LogP contribution is -2.42. The predicted molar refractivity (Wildman–Crippen MR) is 124 cm³/mol. The summed E-state index contributed by atoms with van der Waals surface area (Å²) in [6.07, 6.45) is 1.89. The first kappa shape index (κ1) is 22.2. The number of ether oxygens (including phenoxy) is 1. The Bertz CT molecular complexity index is 1170. The van der Waals surface area contributed by atoms with Gasteiger partial charge in [-0.2, -0.15) is 10.2 Å². The maximum absolute atomic E-state index is 13.1. The molecule has 3 aromatic rings. The van der Waals surface area contributed by atoms with Gasteiger partial charge in [0.1, 0.15) is 11.8 Å². The number of aryl methyl sites for hydroxylation is 2. The highest BCUT2D eigenvalue weighted by molar-refractivity contribution is 6.38. The maximum atomic E-state index is 13.1. The van der Waals surface area contributed by atoms with E-state index in [9.17, 15) is 9.59 Å². The van der Waals surface area contributed by atoms with Gasteiger partial charge >= 0.3 is 5.97 Å². The van der Waals surface area contributed by atoms with Crippen LogP contribution in [0.4, 0.5) is 5.69 Å². The minimum absolute atomic E-state index is 0.175.